The van der Waals surface area contributed by atoms with E-state index in [1.165, 1.54) is 0 Å². The van der Waals surface area contributed by atoms with E-state index >= 15 is 0 Å². The van der Waals surface area contributed by atoms with Gasteiger partial charge in [-0.1, -0.05) is 53.7 Å². The van der Waals surface area contributed by atoms with Gasteiger partial charge < -0.3 is 14.6 Å². The highest BCUT2D eigenvalue weighted by molar-refractivity contribution is 5.91. The summed E-state index contributed by atoms with van der Waals surface area (Å²) in [7, 11) is 0. The van der Waals surface area contributed by atoms with Gasteiger partial charge in [-0.15, -0.1) is 0 Å². The van der Waals surface area contributed by atoms with Crippen LogP contribution >= 0.6 is 0 Å². The van der Waals surface area contributed by atoms with Gasteiger partial charge in [-0.05, 0) is 36.4 Å². The second-order valence-electron chi connectivity index (χ2n) is 6.02. The van der Waals surface area contributed by atoms with Gasteiger partial charge in [0.05, 0.1) is 0 Å². The first-order chi connectivity index (χ1) is 13.8. The molecular weight excluding hydrogens is 354 g/mol. The number of nitrogens with zero attached hydrogens (tertiary/aromatic N) is 2. The van der Waals surface area contributed by atoms with E-state index in [2.05, 4.69) is 15.5 Å². The van der Waals surface area contributed by atoms with Crippen LogP contribution in [0.25, 0.3) is 22.8 Å². The molecule has 0 aliphatic heterocycles. The van der Waals surface area contributed by atoms with Crippen molar-refractivity contribution >= 4 is 11.6 Å². The molecule has 28 heavy (non-hydrogen) atoms. The Balaban J connectivity index is 1.36. The predicted molar refractivity (Wildman–Crippen MR) is 106 cm³/mol. The van der Waals surface area contributed by atoms with E-state index in [0.717, 1.165) is 16.8 Å². The van der Waals surface area contributed by atoms with E-state index in [1.807, 2.05) is 72.8 Å². The molecule has 0 saturated heterocycles. The van der Waals surface area contributed by atoms with Crippen LogP contribution in [0.15, 0.2) is 89.5 Å². The number of para-hydroxylation sites is 1. The fourth-order valence-corrected chi connectivity index (χ4v) is 2.61. The zero-order valence-electron chi connectivity index (χ0n) is 14.9. The molecule has 0 atom stereocenters. The summed E-state index contributed by atoms with van der Waals surface area (Å²) in [6.07, 6.45) is 0. The first-order valence-corrected chi connectivity index (χ1v) is 8.75. The number of hydrogen-bond acceptors (Lipinski definition) is 5. The van der Waals surface area contributed by atoms with E-state index in [-0.39, 0.29) is 12.5 Å². The number of nitrogens with one attached hydrogen (secondary N) is 1. The zero-order valence-corrected chi connectivity index (χ0v) is 14.9. The fraction of sp³-hybridized carbons (Fsp3) is 0.0455. The number of rotatable bonds is 6. The van der Waals surface area contributed by atoms with Crippen molar-refractivity contribution in [3.63, 3.8) is 0 Å². The molecule has 0 saturated carbocycles. The molecule has 1 aromatic heterocycles. The monoisotopic (exact) mass is 371 g/mol. The molecule has 0 aliphatic rings. The fourth-order valence-electron chi connectivity index (χ4n) is 2.61. The Morgan fingerprint density at radius 3 is 2.25 bits per heavy atom. The minimum absolute atomic E-state index is 0.0764. The molecule has 0 fully saturated rings. The molecule has 1 amide bonds. The molecule has 138 valence electrons. The molecule has 4 rings (SSSR count). The normalized spacial score (nSPS) is 10.4. The summed E-state index contributed by atoms with van der Waals surface area (Å²) in [4.78, 5) is 16.4. The van der Waals surface area contributed by atoms with Crippen molar-refractivity contribution in [1.29, 1.82) is 0 Å². The summed E-state index contributed by atoms with van der Waals surface area (Å²) in [5.41, 5.74) is 2.40. The van der Waals surface area contributed by atoms with Gasteiger partial charge in [-0.2, -0.15) is 4.98 Å². The van der Waals surface area contributed by atoms with Crippen LogP contribution in [0, 0.1) is 0 Å². The SMILES string of the molecule is O=C(COc1ccc(-c2nc(-c3ccccc3)no2)cc1)Nc1ccccc1. The second kappa shape index (κ2) is 8.18. The molecule has 0 spiro atoms. The Hall–Kier alpha value is -3.93. The third kappa shape index (κ3) is 4.24. The Kier molecular flexibility index (Phi) is 5.11. The summed E-state index contributed by atoms with van der Waals surface area (Å²) in [6, 6.07) is 26.0. The summed E-state index contributed by atoms with van der Waals surface area (Å²) in [6.45, 7) is -0.0764. The Morgan fingerprint density at radius 2 is 1.54 bits per heavy atom. The van der Waals surface area contributed by atoms with Gasteiger partial charge in [-0.3, -0.25) is 4.79 Å². The van der Waals surface area contributed by atoms with Crippen molar-refractivity contribution in [2.75, 3.05) is 11.9 Å². The highest BCUT2D eigenvalue weighted by Crippen LogP contribution is 2.24. The number of benzene rings is 3. The van der Waals surface area contributed by atoms with Crippen LogP contribution in [-0.2, 0) is 4.79 Å². The Bertz CT molecular complexity index is 1050. The maximum atomic E-state index is 11.9. The maximum absolute atomic E-state index is 11.9. The van der Waals surface area contributed by atoms with E-state index in [0.29, 0.717) is 17.5 Å². The lowest BCUT2D eigenvalue weighted by Gasteiger charge is -2.07. The molecule has 6 heteroatoms. The highest BCUT2D eigenvalue weighted by Gasteiger charge is 2.11. The lowest BCUT2D eigenvalue weighted by Crippen LogP contribution is -2.20. The summed E-state index contributed by atoms with van der Waals surface area (Å²) in [5, 5.41) is 6.78. The first kappa shape index (κ1) is 17.5. The largest absolute Gasteiger partial charge is 0.484 e. The minimum Gasteiger partial charge on any atom is -0.484 e. The van der Waals surface area contributed by atoms with Gasteiger partial charge in [0, 0.05) is 16.8 Å². The molecule has 1 N–H and O–H groups in total. The van der Waals surface area contributed by atoms with Gasteiger partial charge in [-0.25, -0.2) is 0 Å². The molecule has 6 nitrogen and oxygen atoms in total. The van der Waals surface area contributed by atoms with Crippen LogP contribution in [-0.4, -0.2) is 22.7 Å². The van der Waals surface area contributed by atoms with Crippen molar-refractivity contribution < 1.29 is 14.1 Å². The van der Waals surface area contributed by atoms with Crippen molar-refractivity contribution in [2.24, 2.45) is 0 Å². The second-order valence-corrected chi connectivity index (χ2v) is 6.02. The first-order valence-electron chi connectivity index (χ1n) is 8.75. The smallest absolute Gasteiger partial charge is 0.262 e. The van der Waals surface area contributed by atoms with Crippen LogP contribution in [0.2, 0.25) is 0 Å². The van der Waals surface area contributed by atoms with Crippen molar-refractivity contribution in [3.05, 3.63) is 84.9 Å². The maximum Gasteiger partial charge on any atom is 0.262 e. The number of amides is 1. The molecule has 1 heterocycles. The van der Waals surface area contributed by atoms with E-state index in [9.17, 15) is 4.79 Å². The van der Waals surface area contributed by atoms with Crippen molar-refractivity contribution in [3.8, 4) is 28.6 Å². The molecule has 4 aromatic rings. The molecule has 0 radical (unpaired) electrons. The van der Waals surface area contributed by atoms with Gasteiger partial charge in [0.25, 0.3) is 11.8 Å². The van der Waals surface area contributed by atoms with Crippen molar-refractivity contribution in [2.45, 2.75) is 0 Å². The molecule has 0 bridgehead atoms. The minimum atomic E-state index is -0.223. The quantitative estimate of drug-likeness (QED) is 0.543. The Morgan fingerprint density at radius 1 is 0.857 bits per heavy atom. The average Bonchev–Trinajstić information content (AvgIpc) is 3.24. The van der Waals surface area contributed by atoms with E-state index in [4.69, 9.17) is 9.26 Å². The molecule has 0 unspecified atom stereocenters. The lowest BCUT2D eigenvalue weighted by molar-refractivity contribution is -0.118. The lowest BCUT2D eigenvalue weighted by atomic mass is 10.2. The standard InChI is InChI=1S/C22H17N3O3/c26-20(23-18-9-5-2-6-10-18)15-27-19-13-11-17(12-14-19)22-24-21(25-28-22)16-7-3-1-4-8-16/h1-14H,15H2,(H,23,26). The van der Waals surface area contributed by atoms with Crippen molar-refractivity contribution in [1.82, 2.24) is 10.1 Å². The van der Waals surface area contributed by atoms with Crippen LogP contribution in [0.3, 0.4) is 0 Å². The number of carbonyl (C=O) groups is 1. The highest BCUT2D eigenvalue weighted by atomic mass is 16.5. The average molecular weight is 371 g/mol. The molecule has 3 aromatic carbocycles. The van der Waals surface area contributed by atoms with Gasteiger partial charge in [0.1, 0.15) is 5.75 Å². The number of hydrogen-bond donors (Lipinski definition) is 1. The van der Waals surface area contributed by atoms with Gasteiger partial charge >= 0.3 is 0 Å². The van der Waals surface area contributed by atoms with Crippen LogP contribution < -0.4 is 10.1 Å². The third-order valence-corrected chi connectivity index (χ3v) is 3.99. The summed E-state index contributed by atoms with van der Waals surface area (Å²) >= 11 is 0. The predicted octanol–water partition coefficient (Wildman–Crippen LogP) is 4.42. The van der Waals surface area contributed by atoms with E-state index < -0.39 is 0 Å². The number of anilines is 1. The number of carbonyl (C=O) groups excluding carboxylic acids is 1. The summed E-state index contributed by atoms with van der Waals surface area (Å²) < 4.78 is 10.9. The zero-order chi connectivity index (χ0) is 19.2. The van der Waals surface area contributed by atoms with Crippen LogP contribution in [0.4, 0.5) is 5.69 Å². The summed E-state index contributed by atoms with van der Waals surface area (Å²) in [5.74, 6) is 1.31. The number of aromatic nitrogens is 2. The Labute approximate surface area is 161 Å². The molecular formula is C22H17N3O3. The van der Waals surface area contributed by atoms with Gasteiger partial charge in [0.15, 0.2) is 6.61 Å². The molecule has 0 aliphatic carbocycles. The number of ether oxygens (including phenoxy) is 1. The van der Waals surface area contributed by atoms with Crippen LogP contribution in [0.5, 0.6) is 5.75 Å². The van der Waals surface area contributed by atoms with Gasteiger partial charge in [0.2, 0.25) is 5.82 Å². The topological polar surface area (TPSA) is 77.2 Å². The van der Waals surface area contributed by atoms with Crippen LogP contribution in [0.1, 0.15) is 0 Å². The van der Waals surface area contributed by atoms with E-state index in [1.54, 1.807) is 12.1 Å². The third-order valence-electron chi connectivity index (χ3n) is 3.99.